The molecule has 0 aromatic carbocycles. The Morgan fingerprint density at radius 3 is 2.57 bits per heavy atom. The number of nitrogen functional groups attached to an aromatic ring is 1. The van der Waals surface area contributed by atoms with Crippen molar-refractivity contribution in [2.75, 3.05) is 11.2 Å². The molecule has 0 aliphatic heterocycles. The zero-order valence-electron chi connectivity index (χ0n) is 16.2. The van der Waals surface area contributed by atoms with E-state index in [0.29, 0.717) is 23.5 Å². The first kappa shape index (κ1) is 20.5. The number of hydrogen-bond donors (Lipinski definition) is 2. The summed E-state index contributed by atoms with van der Waals surface area (Å²) < 4.78 is 55.6. The molecule has 8 nitrogen and oxygen atoms in total. The minimum absolute atomic E-state index is 0.0334. The highest BCUT2D eigenvalue weighted by molar-refractivity contribution is 7.85. The van der Waals surface area contributed by atoms with E-state index < -0.39 is 34.3 Å². The van der Waals surface area contributed by atoms with Crippen molar-refractivity contribution in [2.45, 2.75) is 36.9 Å². The second-order valence-electron chi connectivity index (χ2n) is 6.98. The highest BCUT2D eigenvalue weighted by Crippen LogP contribution is 2.40. The maximum atomic E-state index is 13.6. The standard InChI is InChI=1S/C18H19F3N6O2S/c1-3-30(29)11-6-7-13(25-22)24-14(11)16-23-10-8-12(18(19,20)21)27(9-4-5-9)17(28)15(10)26(16)2/h6-9H,3-5,22H2,1-2H3,(H,24,25). The Morgan fingerprint density at radius 2 is 2.00 bits per heavy atom. The first-order valence-corrected chi connectivity index (χ1v) is 10.5. The van der Waals surface area contributed by atoms with Crippen LogP contribution in [-0.4, -0.2) is 29.1 Å². The molecule has 1 unspecified atom stereocenters. The first-order valence-electron chi connectivity index (χ1n) is 9.23. The van der Waals surface area contributed by atoms with Gasteiger partial charge in [0.1, 0.15) is 22.7 Å². The van der Waals surface area contributed by atoms with Gasteiger partial charge in [0.2, 0.25) is 0 Å². The normalized spacial score (nSPS) is 15.5. The molecule has 3 heterocycles. The van der Waals surface area contributed by atoms with Crippen molar-refractivity contribution in [3.8, 4) is 11.5 Å². The number of halogens is 3. The van der Waals surface area contributed by atoms with Gasteiger partial charge in [0.15, 0.2) is 5.82 Å². The maximum absolute atomic E-state index is 13.6. The number of hydrazine groups is 1. The molecule has 1 atom stereocenters. The molecule has 0 radical (unpaired) electrons. The van der Waals surface area contributed by atoms with Gasteiger partial charge < -0.3 is 9.99 Å². The summed E-state index contributed by atoms with van der Waals surface area (Å²) >= 11 is 0. The van der Waals surface area contributed by atoms with Crippen LogP contribution in [0.15, 0.2) is 27.9 Å². The molecule has 1 aliphatic rings. The van der Waals surface area contributed by atoms with Crippen LogP contribution in [0.4, 0.5) is 19.0 Å². The molecule has 0 spiro atoms. The maximum Gasteiger partial charge on any atom is 0.431 e. The van der Waals surface area contributed by atoms with Gasteiger partial charge in [-0.3, -0.25) is 13.6 Å². The summed E-state index contributed by atoms with van der Waals surface area (Å²) in [5.41, 5.74) is 0.741. The van der Waals surface area contributed by atoms with Gasteiger partial charge in [0.25, 0.3) is 5.56 Å². The smallest absolute Gasteiger partial charge is 0.321 e. The van der Waals surface area contributed by atoms with Crippen LogP contribution in [-0.2, 0) is 24.0 Å². The summed E-state index contributed by atoms with van der Waals surface area (Å²) in [6.45, 7) is 1.73. The number of nitrogens with zero attached hydrogens (tertiary/aromatic N) is 4. The monoisotopic (exact) mass is 440 g/mol. The van der Waals surface area contributed by atoms with E-state index in [9.17, 15) is 22.2 Å². The van der Waals surface area contributed by atoms with Crippen molar-refractivity contribution < 1.29 is 17.4 Å². The van der Waals surface area contributed by atoms with E-state index in [0.717, 1.165) is 10.6 Å². The van der Waals surface area contributed by atoms with Gasteiger partial charge in [-0.15, -0.1) is 0 Å². The van der Waals surface area contributed by atoms with Crippen LogP contribution in [0.1, 0.15) is 31.5 Å². The van der Waals surface area contributed by atoms with Gasteiger partial charge in [0, 0.05) is 18.8 Å². The molecule has 3 aromatic heterocycles. The molecule has 3 aromatic rings. The van der Waals surface area contributed by atoms with Gasteiger partial charge in [0.05, 0.1) is 21.2 Å². The second kappa shape index (κ2) is 7.20. The van der Waals surface area contributed by atoms with Crippen molar-refractivity contribution in [3.63, 3.8) is 0 Å². The first-order chi connectivity index (χ1) is 14.2. The number of hydrogen-bond acceptors (Lipinski definition) is 6. The third kappa shape index (κ3) is 3.29. The number of rotatable bonds is 5. The van der Waals surface area contributed by atoms with Gasteiger partial charge in [-0.25, -0.2) is 15.8 Å². The van der Waals surface area contributed by atoms with E-state index in [-0.39, 0.29) is 28.4 Å². The summed E-state index contributed by atoms with van der Waals surface area (Å²) in [7, 11) is 0.111. The average molecular weight is 440 g/mol. The predicted octanol–water partition coefficient (Wildman–Crippen LogP) is 2.56. The second-order valence-corrected chi connectivity index (χ2v) is 8.69. The lowest BCUT2D eigenvalue weighted by atomic mass is 10.2. The van der Waals surface area contributed by atoms with Gasteiger partial charge in [-0.05, 0) is 31.0 Å². The number of imidazole rings is 1. The zero-order chi connectivity index (χ0) is 21.8. The third-order valence-corrected chi connectivity index (χ3v) is 6.35. The Bertz CT molecular complexity index is 1230. The Kier molecular flexibility index (Phi) is 4.93. The topological polar surface area (TPSA) is 108 Å². The van der Waals surface area contributed by atoms with Gasteiger partial charge >= 0.3 is 6.18 Å². The SMILES string of the molecule is CCS(=O)c1ccc(NN)nc1-c1nc2cc(C(F)(F)F)n(C3CC3)c(=O)c2n1C. The van der Waals surface area contributed by atoms with Crippen molar-refractivity contribution in [1.29, 1.82) is 0 Å². The van der Waals surface area contributed by atoms with Crippen molar-refractivity contribution >= 4 is 27.7 Å². The molecule has 1 fully saturated rings. The zero-order valence-corrected chi connectivity index (χ0v) is 17.0. The molecule has 0 saturated heterocycles. The fourth-order valence-electron chi connectivity index (χ4n) is 3.45. The number of nitrogens with two attached hydrogens (primary N) is 1. The number of alkyl halides is 3. The van der Waals surface area contributed by atoms with E-state index in [2.05, 4.69) is 15.4 Å². The van der Waals surface area contributed by atoms with Crippen LogP contribution in [0.2, 0.25) is 0 Å². The predicted molar refractivity (Wildman–Crippen MR) is 106 cm³/mol. The van der Waals surface area contributed by atoms with E-state index in [4.69, 9.17) is 5.84 Å². The molecule has 0 amide bonds. The van der Waals surface area contributed by atoms with E-state index in [1.54, 1.807) is 13.0 Å². The minimum Gasteiger partial charge on any atom is -0.321 e. The van der Waals surface area contributed by atoms with Gasteiger partial charge in [-0.1, -0.05) is 6.92 Å². The Hall–Kier alpha value is -2.73. The quantitative estimate of drug-likeness (QED) is 0.466. The molecule has 4 rings (SSSR count). The third-order valence-electron chi connectivity index (χ3n) is 5.00. The minimum atomic E-state index is -4.69. The number of aryl methyl sites for hydroxylation is 1. The fourth-order valence-corrected chi connectivity index (χ4v) is 4.33. The van der Waals surface area contributed by atoms with Gasteiger partial charge in [-0.2, -0.15) is 13.2 Å². The van der Waals surface area contributed by atoms with Crippen molar-refractivity contribution in [2.24, 2.45) is 12.9 Å². The number of fused-ring (bicyclic) bond motifs is 1. The Labute approximate surface area is 171 Å². The lowest BCUT2D eigenvalue weighted by Gasteiger charge is -2.15. The summed E-state index contributed by atoms with van der Waals surface area (Å²) in [5.74, 6) is 6.13. The van der Waals surface area contributed by atoms with Crippen LogP contribution in [0, 0.1) is 0 Å². The fraction of sp³-hybridized carbons (Fsp3) is 0.389. The van der Waals surface area contributed by atoms with Crippen LogP contribution in [0.5, 0.6) is 0 Å². The van der Waals surface area contributed by atoms with Crippen LogP contribution in [0.25, 0.3) is 22.6 Å². The van der Waals surface area contributed by atoms with Crippen LogP contribution < -0.4 is 16.8 Å². The molecule has 1 aliphatic carbocycles. The van der Waals surface area contributed by atoms with Crippen LogP contribution in [0.3, 0.4) is 0 Å². The highest BCUT2D eigenvalue weighted by atomic mass is 32.2. The van der Waals surface area contributed by atoms with E-state index in [1.807, 2.05) is 0 Å². The average Bonchev–Trinajstić information content (AvgIpc) is 3.49. The Morgan fingerprint density at radius 1 is 1.30 bits per heavy atom. The number of anilines is 1. The summed E-state index contributed by atoms with van der Waals surface area (Å²) in [5, 5.41) is 0. The number of nitrogens with one attached hydrogen (secondary N) is 1. The molecule has 30 heavy (non-hydrogen) atoms. The summed E-state index contributed by atoms with van der Waals surface area (Å²) in [6, 6.07) is 3.53. The van der Waals surface area contributed by atoms with E-state index >= 15 is 0 Å². The lowest BCUT2D eigenvalue weighted by molar-refractivity contribution is -0.144. The highest BCUT2D eigenvalue weighted by Gasteiger charge is 2.40. The Balaban J connectivity index is 2.04. The molecule has 1 saturated carbocycles. The summed E-state index contributed by atoms with van der Waals surface area (Å²) in [4.78, 5) is 22.0. The molecular formula is C18H19F3N6O2S. The molecular weight excluding hydrogens is 421 g/mol. The lowest BCUT2D eigenvalue weighted by Crippen LogP contribution is -2.28. The number of aromatic nitrogens is 4. The largest absolute Gasteiger partial charge is 0.431 e. The number of pyridine rings is 2. The van der Waals surface area contributed by atoms with Crippen LogP contribution >= 0.6 is 0 Å². The van der Waals surface area contributed by atoms with E-state index in [1.165, 1.54) is 17.7 Å². The van der Waals surface area contributed by atoms with Crippen molar-refractivity contribution in [1.82, 2.24) is 19.1 Å². The summed E-state index contributed by atoms with van der Waals surface area (Å²) in [6.07, 6.45) is -3.65. The molecule has 3 N–H and O–H groups in total. The van der Waals surface area contributed by atoms with Crippen molar-refractivity contribution in [3.05, 3.63) is 34.2 Å². The molecule has 12 heteroatoms. The molecule has 160 valence electrons. The molecule has 0 bridgehead atoms.